The number of nitrogens with one attached hydrogen (secondary N) is 1. The fourth-order valence-electron chi connectivity index (χ4n) is 3.52. The third-order valence-electron chi connectivity index (χ3n) is 5.51. The van der Waals surface area contributed by atoms with Crippen LogP contribution in [0.5, 0.6) is 5.88 Å². The minimum Gasteiger partial charge on any atom is -0.416 e. The lowest BCUT2D eigenvalue weighted by Crippen LogP contribution is -2.22. The van der Waals surface area contributed by atoms with E-state index in [0.29, 0.717) is 28.8 Å². The predicted octanol–water partition coefficient (Wildman–Crippen LogP) is 5.31. The van der Waals surface area contributed by atoms with Gasteiger partial charge in [-0.2, -0.15) is 8.78 Å². The van der Waals surface area contributed by atoms with Crippen LogP contribution in [-0.2, 0) is 16.3 Å². The molecule has 34 heavy (non-hydrogen) atoms. The first-order valence-electron chi connectivity index (χ1n) is 11.0. The Bertz CT molecular complexity index is 1180. The SMILES string of the molecule is C[Si](C)(C)CCOCn1cc(-c2cccnc2OC(F)F)c2ccc(NC(=O)C3CC3F)nc21. The van der Waals surface area contributed by atoms with Crippen molar-refractivity contribution in [1.29, 1.82) is 0 Å². The van der Waals surface area contributed by atoms with Gasteiger partial charge in [-0.3, -0.25) is 4.79 Å². The Balaban J connectivity index is 1.68. The number of rotatable bonds is 10. The molecule has 0 radical (unpaired) electrons. The van der Waals surface area contributed by atoms with Crippen molar-refractivity contribution in [2.45, 2.75) is 51.6 Å². The number of pyridine rings is 2. The van der Waals surface area contributed by atoms with Crippen molar-refractivity contribution in [3.05, 3.63) is 36.7 Å². The van der Waals surface area contributed by atoms with Gasteiger partial charge in [0.1, 0.15) is 24.4 Å². The first-order valence-corrected chi connectivity index (χ1v) is 14.8. The lowest BCUT2D eigenvalue weighted by atomic mass is 10.1. The maximum Gasteiger partial charge on any atom is 0.388 e. The van der Waals surface area contributed by atoms with Gasteiger partial charge in [-0.25, -0.2) is 14.4 Å². The Morgan fingerprint density at radius 2 is 2.03 bits per heavy atom. The summed E-state index contributed by atoms with van der Waals surface area (Å²) < 4.78 is 51.4. The lowest BCUT2D eigenvalue weighted by molar-refractivity contribution is -0.117. The number of alkyl halides is 3. The van der Waals surface area contributed by atoms with Gasteiger partial charge in [-0.15, -0.1) is 0 Å². The van der Waals surface area contributed by atoms with Crippen LogP contribution in [0.3, 0.4) is 0 Å². The monoisotopic (exact) mass is 492 g/mol. The van der Waals surface area contributed by atoms with Crippen LogP contribution in [0.2, 0.25) is 25.7 Å². The molecule has 4 rings (SSSR count). The predicted molar refractivity (Wildman–Crippen MR) is 125 cm³/mol. The van der Waals surface area contributed by atoms with Gasteiger partial charge in [0.25, 0.3) is 0 Å². The van der Waals surface area contributed by atoms with Crippen molar-refractivity contribution in [3.8, 4) is 17.0 Å². The minimum absolute atomic E-state index is 0.186. The Hall–Kier alpha value is -2.92. The molecule has 0 aliphatic heterocycles. The summed E-state index contributed by atoms with van der Waals surface area (Å²) in [7, 11) is -1.28. The summed E-state index contributed by atoms with van der Waals surface area (Å²) in [6.07, 6.45) is 2.22. The summed E-state index contributed by atoms with van der Waals surface area (Å²) in [5.74, 6) is -0.978. The third kappa shape index (κ3) is 5.76. The van der Waals surface area contributed by atoms with Gasteiger partial charge in [0, 0.05) is 43.6 Å². The summed E-state index contributed by atoms with van der Waals surface area (Å²) in [6, 6.07) is 7.57. The van der Waals surface area contributed by atoms with E-state index in [-0.39, 0.29) is 24.8 Å². The van der Waals surface area contributed by atoms with Crippen LogP contribution in [0.25, 0.3) is 22.2 Å². The molecule has 3 aromatic rings. The van der Waals surface area contributed by atoms with E-state index in [1.54, 1.807) is 35.0 Å². The van der Waals surface area contributed by atoms with Crippen molar-refractivity contribution in [2.24, 2.45) is 5.92 Å². The molecular formula is C23H27F3N4O3Si. The minimum atomic E-state index is -3.02. The zero-order chi connectivity index (χ0) is 24.5. The van der Waals surface area contributed by atoms with Gasteiger partial charge in [-0.05, 0) is 36.7 Å². The first-order chi connectivity index (χ1) is 16.1. The number of hydrogen-bond acceptors (Lipinski definition) is 5. The summed E-state index contributed by atoms with van der Waals surface area (Å²) in [5, 5.41) is 3.30. The highest BCUT2D eigenvalue weighted by molar-refractivity contribution is 6.76. The summed E-state index contributed by atoms with van der Waals surface area (Å²) >= 11 is 0. The molecule has 3 heterocycles. The van der Waals surface area contributed by atoms with Crippen LogP contribution < -0.4 is 10.1 Å². The number of anilines is 1. The lowest BCUT2D eigenvalue weighted by Gasteiger charge is -2.15. The molecule has 1 N–H and O–H groups in total. The van der Waals surface area contributed by atoms with E-state index < -0.39 is 32.7 Å². The van der Waals surface area contributed by atoms with Crippen molar-refractivity contribution in [1.82, 2.24) is 14.5 Å². The number of aromatic nitrogens is 3. The van der Waals surface area contributed by atoms with Crippen LogP contribution in [0.15, 0.2) is 36.7 Å². The fraction of sp³-hybridized carbons (Fsp3) is 0.435. The van der Waals surface area contributed by atoms with Gasteiger partial charge < -0.3 is 19.4 Å². The number of nitrogens with zero attached hydrogens (tertiary/aromatic N) is 3. The highest BCUT2D eigenvalue weighted by atomic mass is 28.3. The zero-order valence-electron chi connectivity index (χ0n) is 19.2. The molecule has 1 aliphatic rings. The largest absolute Gasteiger partial charge is 0.416 e. The van der Waals surface area contributed by atoms with Crippen molar-refractivity contribution >= 4 is 30.8 Å². The Morgan fingerprint density at radius 1 is 1.26 bits per heavy atom. The van der Waals surface area contributed by atoms with Crippen LogP contribution in [0.4, 0.5) is 19.0 Å². The number of fused-ring (bicyclic) bond motifs is 1. The van der Waals surface area contributed by atoms with Crippen LogP contribution in [0, 0.1) is 5.92 Å². The Morgan fingerprint density at radius 3 is 2.71 bits per heavy atom. The number of halogens is 3. The summed E-state index contributed by atoms with van der Waals surface area (Å²) in [6.45, 7) is 4.51. The standard InChI is InChI=1S/C23H27F3N4O3Si/c1-34(2,3)10-9-32-13-30-12-17(15-5-4-8-27-22(15)33-23(25)26)14-6-7-19(28-20(14)30)29-21(31)16-11-18(16)24/h4-8,12,16,18,23H,9-11,13H2,1-3H3,(H,28,29,31). The molecule has 0 spiro atoms. The van der Waals surface area contributed by atoms with Gasteiger partial charge >= 0.3 is 6.61 Å². The molecule has 7 nitrogen and oxygen atoms in total. The maximum absolute atomic E-state index is 13.3. The Kier molecular flexibility index (Phi) is 6.94. The third-order valence-corrected chi connectivity index (χ3v) is 7.22. The molecular weight excluding hydrogens is 465 g/mol. The first kappa shape index (κ1) is 24.2. The van der Waals surface area contributed by atoms with E-state index in [2.05, 4.69) is 39.7 Å². The number of hydrogen-bond donors (Lipinski definition) is 1. The molecule has 2 unspecified atom stereocenters. The zero-order valence-corrected chi connectivity index (χ0v) is 20.2. The second kappa shape index (κ2) is 9.75. The van der Waals surface area contributed by atoms with E-state index in [9.17, 15) is 18.0 Å². The maximum atomic E-state index is 13.3. The van der Waals surface area contributed by atoms with Crippen LogP contribution in [0.1, 0.15) is 6.42 Å². The molecule has 0 bridgehead atoms. The Labute approximate surface area is 196 Å². The highest BCUT2D eigenvalue weighted by Crippen LogP contribution is 2.37. The fourth-order valence-corrected chi connectivity index (χ4v) is 4.27. The number of ether oxygens (including phenoxy) is 2. The molecule has 182 valence electrons. The smallest absolute Gasteiger partial charge is 0.388 e. The molecule has 3 aromatic heterocycles. The molecule has 11 heteroatoms. The molecule has 1 aliphatic carbocycles. The molecule has 0 aromatic carbocycles. The number of carbonyl (C=O) groups excluding carboxylic acids is 1. The average molecular weight is 493 g/mol. The van der Waals surface area contributed by atoms with E-state index in [1.807, 2.05) is 0 Å². The van der Waals surface area contributed by atoms with E-state index in [1.165, 1.54) is 6.20 Å². The van der Waals surface area contributed by atoms with E-state index >= 15 is 0 Å². The number of carbonyl (C=O) groups is 1. The van der Waals surface area contributed by atoms with Crippen LogP contribution >= 0.6 is 0 Å². The molecule has 2 atom stereocenters. The van der Waals surface area contributed by atoms with Crippen molar-refractivity contribution in [3.63, 3.8) is 0 Å². The van der Waals surface area contributed by atoms with Crippen molar-refractivity contribution in [2.75, 3.05) is 11.9 Å². The summed E-state index contributed by atoms with van der Waals surface area (Å²) in [5.41, 5.74) is 1.45. The molecule has 1 saturated carbocycles. The normalized spacial score (nSPS) is 17.9. The van der Waals surface area contributed by atoms with Gasteiger partial charge in [0.15, 0.2) is 0 Å². The quantitative estimate of drug-likeness (QED) is 0.307. The van der Waals surface area contributed by atoms with E-state index in [0.717, 1.165) is 6.04 Å². The number of amides is 1. The van der Waals surface area contributed by atoms with Crippen LogP contribution in [-0.4, -0.2) is 47.9 Å². The average Bonchev–Trinajstić information content (AvgIpc) is 3.39. The topological polar surface area (TPSA) is 78.3 Å². The van der Waals surface area contributed by atoms with E-state index in [4.69, 9.17) is 4.74 Å². The molecule has 1 amide bonds. The van der Waals surface area contributed by atoms with Crippen molar-refractivity contribution < 1.29 is 27.4 Å². The molecule has 0 saturated heterocycles. The second-order valence-corrected chi connectivity index (χ2v) is 15.1. The van der Waals surface area contributed by atoms with Gasteiger partial charge in [0.05, 0.1) is 5.92 Å². The van der Waals surface area contributed by atoms with Gasteiger partial charge in [-0.1, -0.05) is 19.6 Å². The second-order valence-electron chi connectivity index (χ2n) is 9.51. The highest BCUT2D eigenvalue weighted by Gasteiger charge is 2.43. The molecule has 1 fully saturated rings. The summed E-state index contributed by atoms with van der Waals surface area (Å²) in [4.78, 5) is 20.7. The van der Waals surface area contributed by atoms with Gasteiger partial charge in [0.2, 0.25) is 11.8 Å².